The first-order valence-corrected chi connectivity index (χ1v) is 14.5. The first kappa shape index (κ1) is 30.5. The summed E-state index contributed by atoms with van der Waals surface area (Å²) in [6, 6.07) is 20.0. The topological polar surface area (TPSA) is 105 Å². The fraction of sp³-hybridized carbons (Fsp3) is 0.333. The van der Waals surface area contributed by atoms with Gasteiger partial charge in [0.1, 0.15) is 24.1 Å². The predicted molar refractivity (Wildman–Crippen MR) is 155 cm³/mol. The van der Waals surface area contributed by atoms with Gasteiger partial charge in [0.25, 0.3) is 10.0 Å². The van der Waals surface area contributed by atoms with Crippen molar-refractivity contribution in [3.05, 3.63) is 83.9 Å². The Hall–Kier alpha value is -4.05. The maximum absolute atomic E-state index is 14.1. The molecule has 40 heavy (non-hydrogen) atoms. The number of hydrogen-bond acceptors (Lipinski definition) is 6. The number of carbonyl (C=O) groups excluding carboxylic acids is 2. The van der Waals surface area contributed by atoms with Gasteiger partial charge in [-0.1, -0.05) is 55.0 Å². The van der Waals surface area contributed by atoms with Crippen LogP contribution in [0.5, 0.6) is 11.5 Å². The Morgan fingerprint density at radius 2 is 1.62 bits per heavy atom. The number of carbonyl (C=O) groups is 2. The number of hydrogen-bond donors (Lipinski definition) is 1. The standard InChI is InChI=1S/C30H37N3O6S/c1-6-26(30(35)31-3)32(19-18-23-10-8-7-9-11-23)29(34)21-33(27-20-24(38-4)14-17-28(27)39-5)40(36,37)25-15-12-22(2)13-16-25/h7-17,20,26H,6,18-19,21H2,1-5H3,(H,31,35)/t26-/m0/s1. The first-order chi connectivity index (χ1) is 19.2. The largest absolute Gasteiger partial charge is 0.497 e. The second-order valence-corrected chi connectivity index (χ2v) is 11.1. The molecule has 0 saturated heterocycles. The van der Waals surface area contributed by atoms with Gasteiger partial charge < -0.3 is 19.7 Å². The molecular formula is C30H37N3O6S. The van der Waals surface area contributed by atoms with E-state index >= 15 is 0 Å². The molecule has 0 aromatic heterocycles. The summed E-state index contributed by atoms with van der Waals surface area (Å²) < 4.78 is 40.0. The molecule has 3 aromatic rings. The van der Waals surface area contributed by atoms with E-state index in [2.05, 4.69) is 5.32 Å². The second kappa shape index (κ2) is 13.8. The number of aryl methyl sites for hydroxylation is 1. The highest BCUT2D eigenvalue weighted by Crippen LogP contribution is 2.36. The molecule has 3 aromatic carbocycles. The molecule has 1 atom stereocenters. The van der Waals surface area contributed by atoms with E-state index in [1.165, 1.54) is 44.4 Å². The van der Waals surface area contributed by atoms with Gasteiger partial charge in [0.2, 0.25) is 11.8 Å². The normalized spacial score (nSPS) is 11.8. The van der Waals surface area contributed by atoms with Crippen LogP contribution in [0, 0.1) is 6.92 Å². The van der Waals surface area contributed by atoms with Gasteiger partial charge in [0, 0.05) is 19.7 Å². The van der Waals surface area contributed by atoms with E-state index in [9.17, 15) is 18.0 Å². The Balaban J connectivity index is 2.10. The van der Waals surface area contributed by atoms with Gasteiger partial charge in [-0.2, -0.15) is 0 Å². The monoisotopic (exact) mass is 567 g/mol. The van der Waals surface area contributed by atoms with Crippen LogP contribution in [-0.2, 0) is 26.0 Å². The zero-order valence-electron chi connectivity index (χ0n) is 23.6. The summed E-state index contributed by atoms with van der Waals surface area (Å²) in [6.07, 6.45) is 0.848. The van der Waals surface area contributed by atoms with Gasteiger partial charge in [-0.15, -0.1) is 0 Å². The number of nitrogens with one attached hydrogen (secondary N) is 1. The van der Waals surface area contributed by atoms with E-state index in [-0.39, 0.29) is 28.8 Å². The molecule has 0 spiro atoms. The zero-order chi connectivity index (χ0) is 29.3. The molecule has 0 aliphatic carbocycles. The average molecular weight is 568 g/mol. The molecule has 0 aliphatic rings. The SMILES string of the molecule is CC[C@@H](C(=O)NC)N(CCc1ccccc1)C(=O)CN(c1cc(OC)ccc1OC)S(=O)(=O)c1ccc(C)cc1. The van der Waals surface area contributed by atoms with Gasteiger partial charge in [-0.3, -0.25) is 13.9 Å². The fourth-order valence-electron chi connectivity index (χ4n) is 4.40. The molecule has 0 bridgehead atoms. The second-order valence-electron chi connectivity index (χ2n) is 9.22. The number of amides is 2. The zero-order valence-corrected chi connectivity index (χ0v) is 24.4. The van der Waals surface area contributed by atoms with Crippen LogP contribution < -0.4 is 19.1 Å². The lowest BCUT2D eigenvalue weighted by molar-refractivity contribution is -0.139. The van der Waals surface area contributed by atoms with E-state index in [1.807, 2.05) is 44.2 Å². The van der Waals surface area contributed by atoms with Crippen LogP contribution >= 0.6 is 0 Å². The van der Waals surface area contributed by atoms with E-state index in [0.717, 1.165) is 15.4 Å². The first-order valence-electron chi connectivity index (χ1n) is 13.0. The van der Waals surface area contributed by atoms with Crippen LogP contribution in [0.15, 0.2) is 77.7 Å². The van der Waals surface area contributed by atoms with Crippen LogP contribution in [0.4, 0.5) is 5.69 Å². The van der Waals surface area contributed by atoms with Crippen molar-refractivity contribution in [3.8, 4) is 11.5 Å². The number of methoxy groups -OCH3 is 2. The highest BCUT2D eigenvalue weighted by molar-refractivity contribution is 7.92. The van der Waals surface area contributed by atoms with Crippen LogP contribution in [0.2, 0.25) is 0 Å². The molecule has 3 rings (SSSR count). The Labute approximate surface area is 236 Å². The molecule has 10 heteroatoms. The summed E-state index contributed by atoms with van der Waals surface area (Å²) in [5.41, 5.74) is 2.03. The quantitative estimate of drug-likeness (QED) is 0.337. The Bertz CT molecular complexity index is 1390. The number of ether oxygens (including phenoxy) is 2. The van der Waals surface area contributed by atoms with Crippen LogP contribution in [0.25, 0.3) is 0 Å². The molecule has 0 saturated carbocycles. The highest BCUT2D eigenvalue weighted by atomic mass is 32.2. The summed E-state index contributed by atoms with van der Waals surface area (Å²) in [5, 5.41) is 2.63. The maximum Gasteiger partial charge on any atom is 0.264 e. The summed E-state index contributed by atoms with van der Waals surface area (Å²) in [5.74, 6) is -0.202. The van der Waals surface area contributed by atoms with Crippen molar-refractivity contribution in [3.63, 3.8) is 0 Å². The maximum atomic E-state index is 14.1. The number of benzene rings is 3. The van der Waals surface area contributed by atoms with Crippen LogP contribution in [0.1, 0.15) is 24.5 Å². The molecular weight excluding hydrogens is 530 g/mol. The van der Waals surface area contributed by atoms with E-state index in [4.69, 9.17) is 9.47 Å². The lowest BCUT2D eigenvalue weighted by atomic mass is 10.1. The third kappa shape index (κ3) is 7.12. The predicted octanol–water partition coefficient (Wildman–Crippen LogP) is 3.80. The van der Waals surface area contributed by atoms with Crippen molar-refractivity contribution in [1.29, 1.82) is 0 Å². The van der Waals surface area contributed by atoms with E-state index in [1.54, 1.807) is 24.3 Å². The lowest BCUT2D eigenvalue weighted by Crippen LogP contribution is -2.52. The molecule has 214 valence electrons. The lowest BCUT2D eigenvalue weighted by Gasteiger charge is -2.33. The third-order valence-electron chi connectivity index (χ3n) is 6.66. The summed E-state index contributed by atoms with van der Waals surface area (Å²) >= 11 is 0. The molecule has 2 amide bonds. The molecule has 0 heterocycles. The summed E-state index contributed by atoms with van der Waals surface area (Å²) in [4.78, 5) is 28.3. The van der Waals surface area contributed by atoms with Crippen LogP contribution in [0.3, 0.4) is 0 Å². The van der Waals surface area contributed by atoms with Gasteiger partial charge in [-0.05, 0) is 49.6 Å². The van der Waals surface area contributed by atoms with Crippen molar-refractivity contribution < 1.29 is 27.5 Å². The number of likely N-dealkylation sites (N-methyl/N-ethyl adjacent to an activating group) is 1. The van der Waals surface area contributed by atoms with E-state index in [0.29, 0.717) is 18.6 Å². The number of nitrogens with zero attached hydrogens (tertiary/aromatic N) is 2. The van der Waals surface area contributed by atoms with Gasteiger partial charge in [0.05, 0.1) is 24.8 Å². The minimum absolute atomic E-state index is 0.0185. The van der Waals surface area contributed by atoms with E-state index < -0.39 is 28.5 Å². The molecule has 9 nitrogen and oxygen atoms in total. The Morgan fingerprint density at radius 3 is 2.20 bits per heavy atom. The third-order valence-corrected chi connectivity index (χ3v) is 8.43. The minimum atomic E-state index is -4.23. The highest BCUT2D eigenvalue weighted by Gasteiger charge is 2.34. The molecule has 1 N–H and O–H groups in total. The minimum Gasteiger partial charge on any atom is -0.497 e. The van der Waals surface area contributed by atoms with Crippen molar-refractivity contribution in [2.75, 3.05) is 38.7 Å². The van der Waals surface area contributed by atoms with Crippen molar-refractivity contribution >= 4 is 27.5 Å². The molecule has 0 radical (unpaired) electrons. The van der Waals surface area contributed by atoms with Crippen molar-refractivity contribution in [1.82, 2.24) is 10.2 Å². The fourth-order valence-corrected chi connectivity index (χ4v) is 5.82. The Kier molecular flexibility index (Phi) is 10.6. The van der Waals surface area contributed by atoms with Crippen molar-refractivity contribution in [2.45, 2.75) is 37.6 Å². The Morgan fingerprint density at radius 1 is 0.950 bits per heavy atom. The summed E-state index contributed by atoms with van der Waals surface area (Å²) in [7, 11) is 0.175. The number of anilines is 1. The number of sulfonamides is 1. The molecule has 0 unspecified atom stereocenters. The van der Waals surface area contributed by atoms with Crippen LogP contribution in [-0.4, -0.2) is 65.5 Å². The summed E-state index contributed by atoms with van der Waals surface area (Å²) in [6.45, 7) is 3.34. The average Bonchev–Trinajstić information content (AvgIpc) is 2.97. The van der Waals surface area contributed by atoms with Crippen molar-refractivity contribution in [2.24, 2.45) is 0 Å². The smallest absolute Gasteiger partial charge is 0.264 e. The van der Waals surface area contributed by atoms with Gasteiger partial charge in [0.15, 0.2) is 0 Å². The molecule has 0 aliphatic heterocycles. The number of rotatable bonds is 13. The van der Waals surface area contributed by atoms with Gasteiger partial charge in [-0.25, -0.2) is 8.42 Å². The van der Waals surface area contributed by atoms with Gasteiger partial charge >= 0.3 is 0 Å². The molecule has 0 fully saturated rings.